The lowest BCUT2D eigenvalue weighted by atomic mass is 9.79. The van der Waals surface area contributed by atoms with Crippen LogP contribution in [-0.4, -0.2) is 111 Å². The van der Waals surface area contributed by atoms with Gasteiger partial charge >= 0.3 is 0 Å². The van der Waals surface area contributed by atoms with Crippen LogP contribution in [0.15, 0.2) is 97.6 Å². The van der Waals surface area contributed by atoms with Gasteiger partial charge in [-0.1, -0.05) is 12.1 Å². The molecule has 66 heavy (non-hydrogen) atoms. The van der Waals surface area contributed by atoms with E-state index in [1.54, 1.807) is 14.2 Å². The highest BCUT2D eigenvalue weighted by Crippen LogP contribution is 2.37. The highest BCUT2D eigenvalue weighted by Gasteiger charge is 2.30. The predicted octanol–water partition coefficient (Wildman–Crippen LogP) is 6.32. The van der Waals surface area contributed by atoms with Gasteiger partial charge in [-0.25, -0.2) is 26.0 Å². The third kappa shape index (κ3) is 10.7. The molecular weight excluding hydrogens is 877 g/mol. The number of fused-ring (bicyclic) bond motifs is 10. The Labute approximate surface area is 387 Å². The summed E-state index contributed by atoms with van der Waals surface area (Å²) >= 11 is 0. The highest BCUT2D eigenvalue weighted by molar-refractivity contribution is 7.85. The molecule has 0 radical (unpaired) electrons. The molecule has 8 aromatic rings. The molecule has 4 aromatic carbocycles. The van der Waals surface area contributed by atoms with Gasteiger partial charge in [0.15, 0.2) is 37.9 Å². The molecule has 0 unspecified atom stereocenters. The Balaban J connectivity index is 0.000000538. The van der Waals surface area contributed by atoms with E-state index in [1.807, 2.05) is 0 Å². The van der Waals surface area contributed by atoms with Gasteiger partial charge in [0.25, 0.3) is 0 Å². The molecule has 0 N–H and O–H groups in total. The molecule has 350 valence electrons. The molecule has 0 saturated carbocycles. The van der Waals surface area contributed by atoms with E-state index in [2.05, 4.69) is 140 Å². The van der Waals surface area contributed by atoms with Gasteiger partial charge in [0, 0.05) is 82.4 Å². The van der Waals surface area contributed by atoms with E-state index in [4.69, 9.17) is 35.4 Å². The first-order valence-corrected chi connectivity index (χ1v) is 26.1. The number of likely N-dealkylation sites (tertiary alicyclic amines) is 2. The highest BCUT2D eigenvalue weighted by atomic mass is 32.2. The largest absolute Gasteiger partial charge is 0.748 e. The number of benzene rings is 4. The van der Waals surface area contributed by atoms with Crippen LogP contribution in [0.25, 0.3) is 65.2 Å². The molecule has 2 aliphatic rings. The van der Waals surface area contributed by atoms with Crippen LogP contribution in [0.3, 0.4) is 0 Å². The lowest BCUT2D eigenvalue weighted by molar-refractivity contribution is -0.695. The van der Waals surface area contributed by atoms with Gasteiger partial charge in [-0.15, -0.1) is 0 Å². The van der Waals surface area contributed by atoms with Crippen molar-refractivity contribution in [1.82, 2.24) is 18.9 Å². The Morgan fingerprint density at radius 2 is 0.894 bits per heavy atom. The Morgan fingerprint density at radius 1 is 0.545 bits per heavy atom. The molecule has 0 amide bonds. The van der Waals surface area contributed by atoms with E-state index in [9.17, 15) is 0 Å². The van der Waals surface area contributed by atoms with Crippen LogP contribution in [0, 0.1) is 11.8 Å². The second-order valence-corrected chi connectivity index (χ2v) is 20.8. The maximum absolute atomic E-state index is 9.08. The number of pyridine rings is 2. The van der Waals surface area contributed by atoms with Gasteiger partial charge in [-0.2, -0.15) is 0 Å². The Hall–Kier alpha value is -5.36. The molecule has 0 spiro atoms. The zero-order valence-electron chi connectivity index (χ0n) is 38.6. The summed E-state index contributed by atoms with van der Waals surface area (Å²) in [5.41, 5.74) is 5.00. The summed E-state index contributed by atoms with van der Waals surface area (Å²) in [7, 11) is -0.00142. The Kier molecular flexibility index (Phi) is 13.9. The van der Waals surface area contributed by atoms with Crippen LogP contribution in [0.4, 0.5) is 0 Å². The molecule has 14 nitrogen and oxygen atoms in total. The number of ether oxygens (including phenoxy) is 2. The quantitative estimate of drug-likeness (QED) is 0.119. The van der Waals surface area contributed by atoms with Crippen molar-refractivity contribution < 1.29 is 44.5 Å². The minimum absolute atomic E-state index is 0.604. The molecule has 0 aliphatic carbocycles. The summed E-state index contributed by atoms with van der Waals surface area (Å²) in [6.45, 7) is 9.13. The van der Waals surface area contributed by atoms with Crippen molar-refractivity contribution in [3.05, 3.63) is 97.6 Å². The van der Waals surface area contributed by atoms with Gasteiger partial charge in [0.1, 0.15) is 11.5 Å². The average molecular weight is 937 g/mol. The fraction of sp³-hybridized carbons (Fsp3) is 0.400. The first-order chi connectivity index (χ1) is 31.4. The van der Waals surface area contributed by atoms with Crippen molar-refractivity contribution in [2.75, 3.05) is 66.0 Å². The molecule has 6 heterocycles. The van der Waals surface area contributed by atoms with E-state index in [-0.39, 0.29) is 0 Å². The summed E-state index contributed by atoms with van der Waals surface area (Å²) in [6, 6.07) is 26.5. The lowest BCUT2D eigenvalue weighted by Gasteiger charge is -2.39. The molecule has 2 aliphatic heterocycles. The molecule has 2 saturated heterocycles. The third-order valence-corrected chi connectivity index (χ3v) is 13.7. The standard InChI is InChI=1S/C48H54N6O2.2CH4O3S/c1-49-43-11-7-37(55-3)29-39(43)47-41-31-53(23-17-35(41)5-9-45(47)49)27-25-51-19-13-33(14-20-51)34-15-21-52(22-16-34)26-28-54-24-18-36-6-10-46-48(42(36)32-54)40-30-38(56-4)8-12-44(40)50(46)2;2*1-5(2,3)4/h5-12,17-18,23-24,29-34H,13-16,19-22,25-28H2,1-4H3;2*1H3,(H,2,3,4)/q+2;;/p-2. The number of rotatable bonds is 9. The van der Waals surface area contributed by atoms with E-state index in [0.29, 0.717) is 12.5 Å². The Bertz CT molecular complexity index is 3040. The topological polar surface area (TPSA) is 157 Å². The fourth-order valence-corrected chi connectivity index (χ4v) is 10.3. The van der Waals surface area contributed by atoms with Crippen molar-refractivity contribution >= 4 is 85.4 Å². The van der Waals surface area contributed by atoms with Gasteiger partial charge in [0.2, 0.25) is 0 Å². The first kappa shape index (κ1) is 47.1. The molecule has 10 rings (SSSR count). The van der Waals surface area contributed by atoms with E-state index >= 15 is 0 Å². The van der Waals surface area contributed by atoms with E-state index in [0.717, 1.165) is 49.5 Å². The summed E-state index contributed by atoms with van der Waals surface area (Å²) in [6.07, 6.45) is 15.8. The average Bonchev–Trinajstić information content (AvgIpc) is 3.75. The van der Waals surface area contributed by atoms with Gasteiger partial charge in [-0.3, -0.25) is 9.80 Å². The minimum Gasteiger partial charge on any atom is -0.748 e. The summed E-state index contributed by atoms with van der Waals surface area (Å²) in [4.78, 5) is 5.41. The Morgan fingerprint density at radius 3 is 1.24 bits per heavy atom. The molecule has 0 bridgehead atoms. The lowest BCUT2D eigenvalue weighted by Crippen LogP contribution is -2.46. The number of hydrogen-bond donors (Lipinski definition) is 0. The normalized spacial score (nSPS) is 15.9. The van der Waals surface area contributed by atoms with Gasteiger partial charge < -0.3 is 27.7 Å². The number of methoxy groups -OCH3 is 2. The molecule has 16 heteroatoms. The number of piperidine rings is 2. The second kappa shape index (κ2) is 19.5. The number of aryl methyl sites for hydroxylation is 2. The summed E-state index contributed by atoms with van der Waals surface area (Å²) < 4.78 is 75.1. The van der Waals surface area contributed by atoms with Crippen LogP contribution >= 0.6 is 0 Å². The van der Waals surface area contributed by atoms with Crippen LogP contribution < -0.4 is 18.6 Å². The zero-order chi connectivity index (χ0) is 46.9. The SMILES string of the molecule is COc1ccc2c(c1)c1c3c[n+](CCN4CCC(C5CCN(CC[n+]6ccc7ccc8c(c7c6)c6cc(OC)ccc6n8C)CC5)CC4)ccc3ccc1n2C.CS(=O)(=O)[O-].CS(=O)(=O)[O-]. The molecular formula is C50H60N6O8S2. The van der Waals surface area contributed by atoms with Crippen LogP contribution in [0.5, 0.6) is 11.5 Å². The van der Waals surface area contributed by atoms with Crippen molar-refractivity contribution in [1.29, 1.82) is 0 Å². The number of aromatic nitrogens is 4. The zero-order valence-corrected chi connectivity index (χ0v) is 40.3. The van der Waals surface area contributed by atoms with Crippen LogP contribution in [0.2, 0.25) is 0 Å². The maximum Gasteiger partial charge on any atom is 0.177 e. The number of hydrogen-bond acceptors (Lipinski definition) is 10. The molecule has 2 fully saturated rings. The predicted molar refractivity (Wildman–Crippen MR) is 259 cm³/mol. The van der Waals surface area contributed by atoms with Crippen molar-refractivity contribution in [2.45, 2.75) is 38.8 Å². The summed E-state index contributed by atoms with van der Waals surface area (Å²) in [5.74, 6) is 3.55. The molecule has 0 atom stereocenters. The van der Waals surface area contributed by atoms with Gasteiger partial charge in [0.05, 0.1) is 58.3 Å². The smallest absolute Gasteiger partial charge is 0.177 e. The van der Waals surface area contributed by atoms with Gasteiger partial charge in [-0.05, 0) is 123 Å². The van der Waals surface area contributed by atoms with Crippen molar-refractivity contribution in [3.63, 3.8) is 0 Å². The monoisotopic (exact) mass is 936 g/mol. The van der Waals surface area contributed by atoms with Crippen LogP contribution in [-0.2, 0) is 47.4 Å². The first-order valence-electron chi connectivity index (χ1n) is 22.5. The van der Waals surface area contributed by atoms with E-state index in [1.165, 1.54) is 117 Å². The fourth-order valence-electron chi connectivity index (χ4n) is 10.3. The molecule has 4 aromatic heterocycles. The second-order valence-electron chi connectivity index (χ2n) is 17.9. The number of nitrogens with zero attached hydrogens (tertiary/aromatic N) is 6. The minimum atomic E-state index is -3.92. The van der Waals surface area contributed by atoms with Crippen molar-refractivity contribution in [3.8, 4) is 11.5 Å². The van der Waals surface area contributed by atoms with Crippen LogP contribution in [0.1, 0.15) is 25.7 Å². The summed E-state index contributed by atoms with van der Waals surface area (Å²) in [5, 5.41) is 10.3. The maximum atomic E-state index is 9.08. The van der Waals surface area contributed by atoms with E-state index < -0.39 is 20.2 Å². The third-order valence-electron chi connectivity index (χ3n) is 13.7. The van der Waals surface area contributed by atoms with Crippen molar-refractivity contribution in [2.24, 2.45) is 25.9 Å².